The molecule has 1 fully saturated rings. The number of hydrogen-bond donors (Lipinski definition) is 1. The molecule has 170 valence electrons. The van der Waals surface area contributed by atoms with Gasteiger partial charge in [-0.1, -0.05) is 31.0 Å². The highest BCUT2D eigenvalue weighted by atomic mass is 19.1. The summed E-state index contributed by atoms with van der Waals surface area (Å²) >= 11 is 0. The van der Waals surface area contributed by atoms with E-state index in [1.165, 1.54) is 21.7 Å². The van der Waals surface area contributed by atoms with Gasteiger partial charge in [-0.2, -0.15) is 5.10 Å². The summed E-state index contributed by atoms with van der Waals surface area (Å²) in [4.78, 5) is 40.5. The Labute approximate surface area is 185 Å². The Balaban J connectivity index is 1.71. The minimum absolute atomic E-state index is 0.00138. The molecule has 1 aliphatic heterocycles. The summed E-state index contributed by atoms with van der Waals surface area (Å²) in [6, 6.07) is 7.59. The van der Waals surface area contributed by atoms with Gasteiger partial charge in [0, 0.05) is 17.7 Å². The first-order chi connectivity index (χ1) is 15.3. The number of amides is 2. The van der Waals surface area contributed by atoms with Gasteiger partial charge in [0.25, 0.3) is 5.91 Å². The maximum absolute atomic E-state index is 14.4. The Bertz CT molecular complexity index is 1050. The van der Waals surface area contributed by atoms with Crippen LogP contribution in [0.2, 0.25) is 0 Å². The number of nitrogens with zero attached hydrogens (tertiary/aromatic N) is 3. The maximum Gasteiger partial charge on any atom is 0.358 e. The van der Waals surface area contributed by atoms with E-state index in [4.69, 9.17) is 4.74 Å². The summed E-state index contributed by atoms with van der Waals surface area (Å²) in [6.45, 7) is 3.47. The number of carbonyl (C=O) groups is 3. The number of nitrogens with one attached hydrogen (secondary N) is 1. The van der Waals surface area contributed by atoms with Crippen LogP contribution in [0.25, 0.3) is 0 Å². The molecule has 0 bridgehead atoms. The van der Waals surface area contributed by atoms with E-state index in [0.29, 0.717) is 5.56 Å². The minimum Gasteiger partial charge on any atom is -0.461 e. The van der Waals surface area contributed by atoms with Crippen LogP contribution in [-0.4, -0.2) is 50.7 Å². The number of rotatable bonds is 6. The van der Waals surface area contributed by atoms with Gasteiger partial charge in [-0.3, -0.25) is 14.3 Å². The van der Waals surface area contributed by atoms with Crippen LogP contribution in [0.4, 0.5) is 4.39 Å². The third-order valence-electron chi connectivity index (χ3n) is 6.25. The zero-order valence-corrected chi connectivity index (χ0v) is 18.3. The van der Waals surface area contributed by atoms with Crippen molar-refractivity contribution in [2.45, 2.75) is 64.2 Å². The van der Waals surface area contributed by atoms with Crippen LogP contribution >= 0.6 is 0 Å². The molecule has 8 nitrogen and oxygen atoms in total. The number of aromatic nitrogens is 2. The fraction of sp³-hybridized carbons (Fsp3) is 0.478. The van der Waals surface area contributed by atoms with Crippen LogP contribution in [0.15, 0.2) is 30.3 Å². The highest BCUT2D eigenvalue weighted by Crippen LogP contribution is 2.31. The molecule has 2 aliphatic rings. The maximum atomic E-state index is 14.4. The molecule has 2 amide bonds. The summed E-state index contributed by atoms with van der Waals surface area (Å²) in [5.41, 5.74) is -0.844. The number of halogens is 1. The summed E-state index contributed by atoms with van der Waals surface area (Å²) in [5.74, 6) is -1.90. The van der Waals surface area contributed by atoms with Gasteiger partial charge in [-0.15, -0.1) is 0 Å². The molecule has 32 heavy (non-hydrogen) atoms. The molecule has 2 heterocycles. The van der Waals surface area contributed by atoms with Crippen molar-refractivity contribution < 1.29 is 23.5 Å². The molecule has 2 aromatic rings. The van der Waals surface area contributed by atoms with Crippen LogP contribution in [0, 0.1) is 5.82 Å². The molecule has 4 rings (SSSR count). The Morgan fingerprint density at radius 1 is 1.28 bits per heavy atom. The van der Waals surface area contributed by atoms with E-state index < -0.39 is 23.2 Å². The molecule has 1 unspecified atom stereocenters. The largest absolute Gasteiger partial charge is 0.461 e. The van der Waals surface area contributed by atoms with Gasteiger partial charge in [-0.25, -0.2) is 9.18 Å². The van der Waals surface area contributed by atoms with Gasteiger partial charge in [0.15, 0.2) is 5.69 Å². The second-order valence-corrected chi connectivity index (χ2v) is 8.50. The van der Waals surface area contributed by atoms with Crippen LogP contribution in [-0.2, 0) is 22.6 Å². The average molecular weight is 442 g/mol. The molecule has 0 saturated heterocycles. The monoisotopic (exact) mass is 442 g/mol. The minimum atomic E-state index is -1.31. The lowest BCUT2D eigenvalue weighted by Gasteiger charge is -2.43. The SMILES string of the molecule is CCOC(=O)c1cc2n(n1)CC(C)(C(=O)NC1CCCC1)N(Cc1ccccc1F)C2=O. The number of ether oxygens (including phenoxy) is 1. The molecular weight excluding hydrogens is 415 g/mol. The van der Waals surface area contributed by atoms with Crippen molar-refractivity contribution in [1.82, 2.24) is 20.0 Å². The molecule has 1 saturated carbocycles. The first-order valence-electron chi connectivity index (χ1n) is 10.9. The number of fused-ring (bicyclic) bond motifs is 1. The van der Waals surface area contributed by atoms with Crippen molar-refractivity contribution >= 4 is 17.8 Å². The second-order valence-electron chi connectivity index (χ2n) is 8.50. The van der Waals surface area contributed by atoms with Gasteiger partial charge in [-0.05, 0) is 32.8 Å². The second kappa shape index (κ2) is 8.72. The Kier molecular flexibility index (Phi) is 5.99. The molecule has 9 heteroatoms. The fourth-order valence-corrected chi connectivity index (χ4v) is 4.40. The van der Waals surface area contributed by atoms with Gasteiger partial charge < -0.3 is 15.0 Å². The van der Waals surface area contributed by atoms with E-state index in [2.05, 4.69) is 10.4 Å². The average Bonchev–Trinajstić information content (AvgIpc) is 3.42. The smallest absolute Gasteiger partial charge is 0.358 e. The van der Waals surface area contributed by atoms with Crippen molar-refractivity contribution in [2.24, 2.45) is 0 Å². The highest BCUT2D eigenvalue weighted by Gasteiger charge is 2.49. The Morgan fingerprint density at radius 2 is 2.00 bits per heavy atom. The lowest BCUT2D eigenvalue weighted by atomic mass is 9.93. The standard InChI is InChI=1S/C23H27FN4O4/c1-3-32-21(30)18-12-19-20(29)27(13-15-8-4-7-11-17(15)24)23(2,14-28(19)26-18)22(31)25-16-9-5-6-10-16/h4,7-8,11-12,16H,3,5-6,9-10,13-14H2,1-2H3,(H,25,31). The lowest BCUT2D eigenvalue weighted by Crippen LogP contribution is -2.64. The molecule has 1 atom stereocenters. The van der Waals surface area contributed by atoms with Crippen molar-refractivity contribution in [3.63, 3.8) is 0 Å². The summed E-state index contributed by atoms with van der Waals surface area (Å²) in [5, 5.41) is 7.29. The van der Waals surface area contributed by atoms with Crippen LogP contribution in [0.3, 0.4) is 0 Å². The molecular formula is C23H27FN4O4. The predicted octanol–water partition coefficient (Wildman–Crippen LogP) is 2.67. The van der Waals surface area contributed by atoms with Crippen molar-refractivity contribution in [2.75, 3.05) is 6.61 Å². The summed E-state index contributed by atoms with van der Waals surface area (Å²) in [6.07, 6.45) is 3.88. The third kappa shape index (κ3) is 3.99. The number of carbonyl (C=O) groups excluding carboxylic acids is 3. The van der Waals surface area contributed by atoms with Gasteiger partial charge >= 0.3 is 5.97 Å². The van der Waals surface area contributed by atoms with E-state index in [0.717, 1.165) is 25.7 Å². The molecule has 1 aromatic heterocycles. The van der Waals surface area contributed by atoms with E-state index in [1.54, 1.807) is 32.0 Å². The lowest BCUT2D eigenvalue weighted by molar-refractivity contribution is -0.134. The number of esters is 1. The van der Waals surface area contributed by atoms with Crippen molar-refractivity contribution in [1.29, 1.82) is 0 Å². The zero-order valence-electron chi connectivity index (χ0n) is 18.3. The molecule has 1 aromatic carbocycles. The fourth-order valence-electron chi connectivity index (χ4n) is 4.40. The zero-order chi connectivity index (χ0) is 22.9. The Morgan fingerprint density at radius 3 is 2.69 bits per heavy atom. The topological polar surface area (TPSA) is 93.5 Å². The van der Waals surface area contributed by atoms with E-state index in [-0.39, 0.29) is 43.0 Å². The molecule has 1 N–H and O–H groups in total. The predicted molar refractivity (Wildman–Crippen MR) is 113 cm³/mol. The highest BCUT2D eigenvalue weighted by molar-refractivity contribution is 6.01. The summed E-state index contributed by atoms with van der Waals surface area (Å²) < 4.78 is 20.8. The first kappa shape index (κ1) is 22.0. The first-order valence-corrected chi connectivity index (χ1v) is 10.9. The third-order valence-corrected chi connectivity index (χ3v) is 6.25. The van der Waals surface area contributed by atoms with E-state index in [9.17, 15) is 18.8 Å². The molecule has 0 radical (unpaired) electrons. The molecule has 0 spiro atoms. The Hall–Kier alpha value is -3.23. The quantitative estimate of drug-likeness (QED) is 0.695. The van der Waals surface area contributed by atoms with Crippen molar-refractivity contribution in [3.05, 3.63) is 53.1 Å². The number of hydrogen-bond acceptors (Lipinski definition) is 5. The van der Waals surface area contributed by atoms with E-state index >= 15 is 0 Å². The van der Waals surface area contributed by atoms with Gasteiger partial charge in [0.2, 0.25) is 5.91 Å². The van der Waals surface area contributed by atoms with Crippen LogP contribution in [0.1, 0.15) is 66.1 Å². The number of benzene rings is 1. The van der Waals surface area contributed by atoms with Crippen LogP contribution < -0.4 is 5.32 Å². The molecule has 1 aliphatic carbocycles. The van der Waals surface area contributed by atoms with Crippen LogP contribution in [0.5, 0.6) is 0 Å². The van der Waals surface area contributed by atoms with Crippen molar-refractivity contribution in [3.8, 4) is 0 Å². The van der Waals surface area contributed by atoms with Gasteiger partial charge in [0.05, 0.1) is 19.7 Å². The van der Waals surface area contributed by atoms with Gasteiger partial charge in [0.1, 0.15) is 17.1 Å². The summed E-state index contributed by atoms with van der Waals surface area (Å²) in [7, 11) is 0. The van der Waals surface area contributed by atoms with E-state index in [1.807, 2.05) is 0 Å². The normalized spacial score (nSPS) is 20.8.